The van der Waals surface area contributed by atoms with Crippen LogP contribution in [0.4, 0.5) is 0 Å². The van der Waals surface area contributed by atoms with E-state index in [-0.39, 0.29) is 0 Å². The molecule has 0 radical (unpaired) electrons. The smallest absolute Gasteiger partial charge is 0.0530 e. The Bertz CT molecular complexity index is 169. The molecule has 0 amide bonds. The van der Waals surface area contributed by atoms with Crippen molar-refractivity contribution in [2.75, 3.05) is 32.2 Å². The summed E-state index contributed by atoms with van der Waals surface area (Å²) in [6.45, 7) is 3.61. The van der Waals surface area contributed by atoms with Crippen LogP contribution in [0.2, 0.25) is 0 Å². The van der Waals surface area contributed by atoms with Gasteiger partial charge in [0, 0.05) is 17.9 Å². The van der Waals surface area contributed by atoms with Crippen LogP contribution < -0.4 is 0 Å². The molecule has 1 heterocycles. The Kier molecular flexibility index (Phi) is 3.74. The molecule has 1 unspecified atom stereocenters. The third-order valence-electron chi connectivity index (χ3n) is 3.54. The normalized spacial score (nSPS) is 30.2. The van der Waals surface area contributed by atoms with Crippen molar-refractivity contribution in [3.8, 4) is 0 Å². The van der Waals surface area contributed by atoms with Gasteiger partial charge in [-0.05, 0) is 25.0 Å². The minimum Gasteiger partial charge on any atom is -0.381 e. The summed E-state index contributed by atoms with van der Waals surface area (Å²) in [5.74, 6) is 1.63. The number of thiol groups is 1. The summed E-state index contributed by atoms with van der Waals surface area (Å²) in [6.07, 6.45) is 5.14. The molecule has 0 bridgehead atoms. The number of hydrogen-bond acceptors (Lipinski definition) is 3. The first-order valence-electron chi connectivity index (χ1n) is 5.61. The Morgan fingerprint density at radius 3 is 2.79 bits per heavy atom. The van der Waals surface area contributed by atoms with Gasteiger partial charge in [-0.1, -0.05) is 6.42 Å². The molecule has 82 valence electrons. The second kappa shape index (κ2) is 4.86. The van der Waals surface area contributed by atoms with Crippen molar-refractivity contribution in [1.29, 1.82) is 0 Å². The van der Waals surface area contributed by atoms with E-state index < -0.39 is 0 Å². The van der Waals surface area contributed by atoms with Crippen LogP contribution in [0.5, 0.6) is 0 Å². The molecule has 2 aliphatic rings. The van der Waals surface area contributed by atoms with Crippen molar-refractivity contribution < 1.29 is 9.47 Å². The van der Waals surface area contributed by atoms with E-state index in [1.807, 2.05) is 0 Å². The zero-order valence-corrected chi connectivity index (χ0v) is 9.60. The van der Waals surface area contributed by atoms with Gasteiger partial charge in [-0.3, -0.25) is 0 Å². The standard InChI is InChI=1S/C11H20O2S/c14-9-11(3-1-4-11)8-13-7-10-2-5-12-6-10/h10,14H,1-9H2. The number of rotatable bonds is 5. The second-order valence-electron chi connectivity index (χ2n) is 4.76. The summed E-state index contributed by atoms with van der Waals surface area (Å²) >= 11 is 4.41. The molecular weight excluding hydrogens is 196 g/mol. The summed E-state index contributed by atoms with van der Waals surface area (Å²) in [7, 11) is 0. The monoisotopic (exact) mass is 216 g/mol. The molecule has 0 aromatic carbocycles. The van der Waals surface area contributed by atoms with E-state index in [1.165, 1.54) is 25.7 Å². The first kappa shape index (κ1) is 10.8. The highest BCUT2D eigenvalue weighted by molar-refractivity contribution is 7.80. The van der Waals surface area contributed by atoms with Crippen molar-refractivity contribution in [3.63, 3.8) is 0 Å². The fourth-order valence-corrected chi connectivity index (χ4v) is 2.59. The Morgan fingerprint density at radius 1 is 1.43 bits per heavy atom. The lowest BCUT2D eigenvalue weighted by Gasteiger charge is -2.40. The van der Waals surface area contributed by atoms with Gasteiger partial charge in [0.05, 0.1) is 19.8 Å². The van der Waals surface area contributed by atoms with E-state index in [0.717, 1.165) is 32.2 Å². The van der Waals surface area contributed by atoms with Crippen molar-refractivity contribution in [2.24, 2.45) is 11.3 Å². The van der Waals surface area contributed by atoms with Crippen LogP contribution in [-0.4, -0.2) is 32.2 Å². The highest BCUT2D eigenvalue weighted by atomic mass is 32.1. The molecule has 0 aromatic rings. The lowest BCUT2D eigenvalue weighted by molar-refractivity contribution is -0.00484. The average Bonchev–Trinajstić information content (AvgIpc) is 2.62. The van der Waals surface area contributed by atoms with Gasteiger partial charge in [-0.15, -0.1) is 0 Å². The van der Waals surface area contributed by atoms with E-state index in [0.29, 0.717) is 11.3 Å². The summed E-state index contributed by atoms with van der Waals surface area (Å²) in [5.41, 5.74) is 0.419. The quantitative estimate of drug-likeness (QED) is 0.710. The van der Waals surface area contributed by atoms with Crippen molar-refractivity contribution in [2.45, 2.75) is 25.7 Å². The van der Waals surface area contributed by atoms with E-state index in [2.05, 4.69) is 12.6 Å². The van der Waals surface area contributed by atoms with E-state index >= 15 is 0 Å². The van der Waals surface area contributed by atoms with Gasteiger partial charge in [0.25, 0.3) is 0 Å². The first-order chi connectivity index (χ1) is 6.85. The highest BCUT2D eigenvalue weighted by Gasteiger charge is 2.36. The fraction of sp³-hybridized carbons (Fsp3) is 1.00. The molecule has 0 N–H and O–H groups in total. The molecule has 2 nitrogen and oxygen atoms in total. The lowest BCUT2D eigenvalue weighted by Crippen LogP contribution is -2.36. The highest BCUT2D eigenvalue weighted by Crippen LogP contribution is 2.42. The Hall–Kier alpha value is 0.270. The van der Waals surface area contributed by atoms with Gasteiger partial charge < -0.3 is 9.47 Å². The number of ether oxygens (including phenoxy) is 2. The van der Waals surface area contributed by atoms with Crippen molar-refractivity contribution in [1.82, 2.24) is 0 Å². The Balaban J connectivity index is 1.61. The maximum Gasteiger partial charge on any atom is 0.0530 e. The van der Waals surface area contributed by atoms with Crippen LogP contribution in [0.3, 0.4) is 0 Å². The van der Waals surface area contributed by atoms with Gasteiger partial charge >= 0.3 is 0 Å². The molecule has 1 saturated heterocycles. The Labute approximate surface area is 91.8 Å². The lowest BCUT2D eigenvalue weighted by atomic mass is 9.71. The van der Waals surface area contributed by atoms with Gasteiger partial charge in [0.1, 0.15) is 0 Å². The average molecular weight is 216 g/mol. The third kappa shape index (κ3) is 2.44. The minimum atomic E-state index is 0.419. The van der Waals surface area contributed by atoms with E-state index in [1.54, 1.807) is 0 Å². The predicted molar refractivity (Wildman–Crippen MR) is 59.9 cm³/mol. The maximum atomic E-state index is 5.79. The predicted octanol–water partition coefficient (Wildman–Crippen LogP) is 2.14. The first-order valence-corrected chi connectivity index (χ1v) is 6.24. The zero-order chi connectivity index (χ0) is 9.86. The van der Waals surface area contributed by atoms with Crippen LogP contribution in [0.1, 0.15) is 25.7 Å². The van der Waals surface area contributed by atoms with E-state index in [9.17, 15) is 0 Å². The molecule has 0 aromatic heterocycles. The summed E-state index contributed by atoms with van der Waals surface area (Å²) in [4.78, 5) is 0. The van der Waals surface area contributed by atoms with Gasteiger partial charge in [0.15, 0.2) is 0 Å². The SMILES string of the molecule is SCC1(COCC2CCOC2)CCC1. The van der Waals surface area contributed by atoms with Crippen LogP contribution in [-0.2, 0) is 9.47 Å². The molecule has 0 spiro atoms. The van der Waals surface area contributed by atoms with Crippen LogP contribution >= 0.6 is 12.6 Å². The molecule has 2 fully saturated rings. The minimum absolute atomic E-state index is 0.419. The van der Waals surface area contributed by atoms with Crippen LogP contribution in [0.15, 0.2) is 0 Å². The summed E-state index contributed by atoms with van der Waals surface area (Å²) < 4.78 is 11.1. The third-order valence-corrected chi connectivity index (χ3v) is 4.21. The molecule has 1 atom stereocenters. The largest absolute Gasteiger partial charge is 0.381 e. The van der Waals surface area contributed by atoms with E-state index in [4.69, 9.17) is 9.47 Å². The molecule has 1 aliphatic heterocycles. The van der Waals surface area contributed by atoms with Gasteiger partial charge in [0.2, 0.25) is 0 Å². The van der Waals surface area contributed by atoms with Crippen molar-refractivity contribution >= 4 is 12.6 Å². The molecule has 1 aliphatic carbocycles. The number of hydrogen-bond donors (Lipinski definition) is 1. The molecular formula is C11H20O2S. The molecule has 2 rings (SSSR count). The van der Waals surface area contributed by atoms with Crippen LogP contribution in [0, 0.1) is 11.3 Å². The maximum absolute atomic E-state index is 5.79. The zero-order valence-electron chi connectivity index (χ0n) is 8.71. The van der Waals surface area contributed by atoms with Gasteiger partial charge in [-0.25, -0.2) is 0 Å². The van der Waals surface area contributed by atoms with Crippen LogP contribution in [0.25, 0.3) is 0 Å². The Morgan fingerprint density at radius 2 is 2.29 bits per heavy atom. The molecule has 14 heavy (non-hydrogen) atoms. The molecule has 1 saturated carbocycles. The van der Waals surface area contributed by atoms with Gasteiger partial charge in [-0.2, -0.15) is 12.6 Å². The van der Waals surface area contributed by atoms with Crippen molar-refractivity contribution in [3.05, 3.63) is 0 Å². The summed E-state index contributed by atoms with van der Waals surface area (Å²) in [5, 5.41) is 0. The molecule has 3 heteroatoms. The second-order valence-corrected chi connectivity index (χ2v) is 5.07. The summed E-state index contributed by atoms with van der Waals surface area (Å²) in [6, 6.07) is 0. The fourth-order valence-electron chi connectivity index (χ4n) is 2.18. The topological polar surface area (TPSA) is 18.5 Å².